The molecule has 1 aliphatic carbocycles. The Hall–Kier alpha value is -2.51. The van der Waals surface area contributed by atoms with Gasteiger partial charge in [-0.25, -0.2) is 4.98 Å². The molecule has 5 rings (SSSR count). The molecule has 2 fully saturated rings. The molecule has 0 radical (unpaired) electrons. The Balaban J connectivity index is 1.59. The van der Waals surface area contributed by atoms with E-state index in [-0.39, 0.29) is 17.5 Å². The van der Waals surface area contributed by atoms with E-state index in [0.29, 0.717) is 11.4 Å². The first-order valence-electron chi connectivity index (χ1n) is 11.7. The van der Waals surface area contributed by atoms with Crippen LogP contribution in [0.1, 0.15) is 60.7 Å². The largest absolute Gasteiger partial charge is 0.365 e. The van der Waals surface area contributed by atoms with Crippen LogP contribution in [0.3, 0.4) is 0 Å². The summed E-state index contributed by atoms with van der Waals surface area (Å²) in [5.41, 5.74) is 4.63. The second-order valence-corrected chi connectivity index (χ2v) is 9.01. The fourth-order valence-corrected chi connectivity index (χ4v) is 5.01. The van der Waals surface area contributed by atoms with Crippen molar-refractivity contribution in [3.63, 3.8) is 0 Å². The number of aromatic amines is 1. The summed E-state index contributed by atoms with van der Waals surface area (Å²) < 4.78 is 0. The summed E-state index contributed by atoms with van der Waals surface area (Å²) >= 11 is 0. The molecule has 2 aromatic heterocycles. The molecule has 2 aliphatic heterocycles. The molecule has 31 heavy (non-hydrogen) atoms. The summed E-state index contributed by atoms with van der Waals surface area (Å²) in [4.78, 5) is 26.4. The van der Waals surface area contributed by atoms with Crippen molar-refractivity contribution in [3.8, 4) is 11.3 Å². The Labute approximate surface area is 183 Å². The molecule has 2 aromatic rings. The van der Waals surface area contributed by atoms with Crippen molar-refractivity contribution >= 4 is 11.9 Å². The highest BCUT2D eigenvalue weighted by atomic mass is 16.1. The van der Waals surface area contributed by atoms with Crippen LogP contribution in [0.15, 0.2) is 16.9 Å². The Morgan fingerprint density at radius 3 is 2.77 bits per heavy atom. The van der Waals surface area contributed by atoms with E-state index in [1.165, 1.54) is 5.56 Å². The number of piperidine rings is 2. The smallest absolute Gasteiger partial charge is 0.262 e. The molecule has 7 nitrogen and oxygen atoms in total. The van der Waals surface area contributed by atoms with E-state index in [1.807, 2.05) is 6.07 Å². The minimum Gasteiger partial charge on any atom is -0.365 e. The number of pyridine rings is 1. The van der Waals surface area contributed by atoms with Crippen molar-refractivity contribution in [2.45, 2.75) is 57.4 Å². The lowest BCUT2D eigenvalue weighted by atomic mass is 9.96. The van der Waals surface area contributed by atoms with Gasteiger partial charge in [-0.05, 0) is 82.3 Å². The molecule has 1 atom stereocenters. The first kappa shape index (κ1) is 20.4. The number of hydrogen-bond donors (Lipinski definition) is 4. The van der Waals surface area contributed by atoms with Gasteiger partial charge in [0.25, 0.3) is 5.56 Å². The lowest BCUT2D eigenvalue weighted by Gasteiger charge is -2.27. The standard InChI is InChI=1S/C24H32N6O/c1-15-13-20(28-19-7-3-2-6-18(15)19)21-23(27-17-5-4-10-26-14-17)29-22(30-24(21)31)16-8-11-25-12-9-16/h2,6,13,16-17,25-26H,3-5,7-12,14H2,1H3,(H2,27,29,30,31). The number of rotatable bonds is 4. The molecule has 2 saturated heterocycles. The number of anilines is 1. The first-order valence-corrected chi connectivity index (χ1v) is 11.7. The van der Waals surface area contributed by atoms with Crippen LogP contribution < -0.4 is 21.5 Å². The van der Waals surface area contributed by atoms with Crippen molar-refractivity contribution in [1.82, 2.24) is 25.6 Å². The normalized spacial score (nSPS) is 21.6. The number of fused-ring (bicyclic) bond motifs is 1. The van der Waals surface area contributed by atoms with Gasteiger partial charge in [0.1, 0.15) is 17.2 Å². The summed E-state index contributed by atoms with van der Waals surface area (Å²) in [7, 11) is 0. The van der Waals surface area contributed by atoms with E-state index in [1.54, 1.807) is 0 Å². The van der Waals surface area contributed by atoms with Gasteiger partial charge in [0.05, 0.1) is 5.69 Å². The van der Waals surface area contributed by atoms with Gasteiger partial charge in [0, 0.05) is 24.2 Å². The van der Waals surface area contributed by atoms with Gasteiger partial charge in [-0.15, -0.1) is 0 Å². The highest BCUT2D eigenvalue weighted by molar-refractivity contribution is 5.74. The van der Waals surface area contributed by atoms with Crippen molar-refractivity contribution in [3.05, 3.63) is 45.1 Å². The zero-order valence-corrected chi connectivity index (χ0v) is 18.3. The fraction of sp³-hybridized carbons (Fsp3) is 0.542. The van der Waals surface area contributed by atoms with Gasteiger partial charge in [-0.3, -0.25) is 9.78 Å². The zero-order chi connectivity index (χ0) is 21.2. The quantitative estimate of drug-likeness (QED) is 0.608. The monoisotopic (exact) mass is 420 g/mol. The number of H-pyrrole nitrogens is 1. The molecule has 7 heteroatoms. The molecule has 0 bridgehead atoms. The Bertz CT molecular complexity index is 1030. The van der Waals surface area contributed by atoms with E-state index in [4.69, 9.17) is 9.97 Å². The van der Waals surface area contributed by atoms with Crippen molar-refractivity contribution < 1.29 is 0 Å². The lowest BCUT2D eigenvalue weighted by molar-refractivity contribution is 0.443. The summed E-state index contributed by atoms with van der Waals surface area (Å²) in [5, 5.41) is 10.4. The topological polar surface area (TPSA) is 94.7 Å². The highest BCUT2D eigenvalue weighted by Gasteiger charge is 2.24. The molecule has 164 valence electrons. The zero-order valence-electron chi connectivity index (χ0n) is 18.3. The number of aromatic nitrogens is 3. The molecule has 4 heterocycles. The third kappa shape index (κ3) is 4.29. The second kappa shape index (κ2) is 8.93. The highest BCUT2D eigenvalue weighted by Crippen LogP contribution is 2.30. The van der Waals surface area contributed by atoms with Gasteiger partial charge < -0.3 is 20.9 Å². The maximum atomic E-state index is 13.4. The van der Waals surface area contributed by atoms with Crippen LogP contribution in [0.5, 0.6) is 0 Å². The molecule has 4 N–H and O–H groups in total. The van der Waals surface area contributed by atoms with Gasteiger partial charge in [0.15, 0.2) is 0 Å². The van der Waals surface area contributed by atoms with Gasteiger partial charge in [0.2, 0.25) is 0 Å². The van der Waals surface area contributed by atoms with Gasteiger partial charge in [-0.2, -0.15) is 0 Å². The summed E-state index contributed by atoms with van der Waals surface area (Å²) in [6.45, 7) is 5.96. The summed E-state index contributed by atoms with van der Waals surface area (Å²) in [6.07, 6.45) is 10.4. The Kier molecular flexibility index (Phi) is 5.87. The maximum Gasteiger partial charge on any atom is 0.262 e. The second-order valence-electron chi connectivity index (χ2n) is 9.01. The van der Waals surface area contributed by atoms with Gasteiger partial charge in [-0.1, -0.05) is 12.2 Å². The predicted octanol–water partition coefficient (Wildman–Crippen LogP) is 2.73. The van der Waals surface area contributed by atoms with Gasteiger partial charge >= 0.3 is 0 Å². The average Bonchev–Trinajstić information content (AvgIpc) is 2.80. The molecular weight excluding hydrogens is 388 g/mol. The summed E-state index contributed by atoms with van der Waals surface area (Å²) in [6, 6.07) is 2.30. The minimum absolute atomic E-state index is 0.0898. The average molecular weight is 421 g/mol. The Morgan fingerprint density at radius 1 is 1.10 bits per heavy atom. The number of nitrogens with one attached hydrogen (secondary N) is 4. The van der Waals surface area contributed by atoms with E-state index < -0.39 is 0 Å². The van der Waals surface area contributed by atoms with Crippen molar-refractivity contribution in [1.29, 1.82) is 0 Å². The molecular formula is C24H32N6O. The fourth-order valence-electron chi connectivity index (χ4n) is 5.01. The molecule has 0 aromatic carbocycles. The van der Waals surface area contributed by atoms with Crippen LogP contribution in [0.25, 0.3) is 17.3 Å². The van der Waals surface area contributed by atoms with Crippen LogP contribution in [0.4, 0.5) is 5.82 Å². The van der Waals surface area contributed by atoms with Crippen LogP contribution in [-0.2, 0) is 6.42 Å². The number of aryl methyl sites for hydroxylation is 2. The van der Waals surface area contributed by atoms with Crippen LogP contribution in [0.2, 0.25) is 0 Å². The predicted molar refractivity (Wildman–Crippen MR) is 125 cm³/mol. The van der Waals surface area contributed by atoms with Crippen molar-refractivity contribution in [2.24, 2.45) is 0 Å². The summed E-state index contributed by atoms with van der Waals surface area (Å²) in [5.74, 6) is 1.78. The molecule has 0 spiro atoms. The number of hydrogen-bond acceptors (Lipinski definition) is 6. The molecule has 1 unspecified atom stereocenters. The number of allylic oxidation sites excluding steroid dienone is 1. The third-order valence-corrected chi connectivity index (χ3v) is 6.73. The maximum absolute atomic E-state index is 13.4. The third-order valence-electron chi connectivity index (χ3n) is 6.73. The van der Waals surface area contributed by atoms with E-state index >= 15 is 0 Å². The molecule has 0 saturated carbocycles. The SMILES string of the molecule is Cc1cc(-c2c(NC3CCCNC3)nc(C3CCNCC3)[nH]c2=O)nc2c1C=CCC2. The minimum atomic E-state index is -0.0898. The molecule has 0 amide bonds. The van der Waals surface area contributed by atoms with Crippen LogP contribution in [0, 0.1) is 6.92 Å². The first-order chi connectivity index (χ1) is 15.2. The Morgan fingerprint density at radius 2 is 1.97 bits per heavy atom. The van der Waals surface area contributed by atoms with E-state index in [0.717, 1.165) is 87.5 Å². The lowest BCUT2D eigenvalue weighted by Crippen LogP contribution is -2.39. The molecule has 3 aliphatic rings. The number of nitrogens with zero attached hydrogens (tertiary/aromatic N) is 2. The van der Waals surface area contributed by atoms with Crippen LogP contribution >= 0.6 is 0 Å². The van der Waals surface area contributed by atoms with Crippen molar-refractivity contribution in [2.75, 3.05) is 31.5 Å². The van der Waals surface area contributed by atoms with E-state index in [2.05, 4.69) is 40.0 Å². The van der Waals surface area contributed by atoms with Crippen LogP contribution in [-0.4, -0.2) is 47.2 Å². The van der Waals surface area contributed by atoms with E-state index in [9.17, 15) is 4.79 Å².